The maximum atomic E-state index is 12.2. The SMILES string of the molecule is COCCCCC(=O)N[C@H](CC(=O)O)c1cccc2ccccc12. The van der Waals surface area contributed by atoms with Crippen LogP contribution in [0.15, 0.2) is 42.5 Å². The summed E-state index contributed by atoms with van der Waals surface area (Å²) < 4.78 is 4.97. The smallest absolute Gasteiger partial charge is 0.305 e. The third kappa shape index (κ3) is 5.06. The number of fused-ring (bicyclic) bond motifs is 1. The molecule has 1 atom stereocenters. The predicted octanol–water partition coefficient (Wildman–Crippen LogP) is 3.29. The van der Waals surface area contributed by atoms with Crippen molar-refractivity contribution < 1.29 is 19.4 Å². The second-order valence-electron chi connectivity index (χ2n) is 5.74. The summed E-state index contributed by atoms with van der Waals surface area (Å²) in [5, 5.41) is 14.1. The van der Waals surface area contributed by atoms with Crippen molar-refractivity contribution in [3.05, 3.63) is 48.0 Å². The van der Waals surface area contributed by atoms with Crippen LogP contribution in [0.4, 0.5) is 0 Å². The van der Waals surface area contributed by atoms with Gasteiger partial charge >= 0.3 is 5.97 Å². The number of unbranched alkanes of at least 4 members (excludes halogenated alkanes) is 1. The van der Waals surface area contributed by atoms with E-state index in [1.165, 1.54) is 0 Å². The van der Waals surface area contributed by atoms with Gasteiger partial charge in [0.2, 0.25) is 5.91 Å². The lowest BCUT2D eigenvalue weighted by atomic mass is 9.96. The molecule has 0 saturated heterocycles. The topological polar surface area (TPSA) is 75.6 Å². The molecule has 0 radical (unpaired) electrons. The molecular formula is C19H23NO4. The van der Waals surface area contributed by atoms with Gasteiger partial charge in [-0.2, -0.15) is 0 Å². The second kappa shape index (κ2) is 9.03. The number of hydrogen-bond donors (Lipinski definition) is 2. The number of carboxylic acid groups (broad SMARTS) is 1. The van der Waals surface area contributed by atoms with Gasteiger partial charge in [-0.15, -0.1) is 0 Å². The van der Waals surface area contributed by atoms with Gasteiger partial charge in [-0.1, -0.05) is 42.5 Å². The molecule has 2 N–H and O–H groups in total. The Hall–Kier alpha value is -2.40. The Morgan fingerprint density at radius 2 is 1.88 bits per heavy atom. The van der Waals surface area contributed by atoms with E-state index in [1.54, 1.807) is 7.11 Å². The fraction of sp³-hybridized carbons (Fsp3) is 0.368. The summed E-state index contributed by atoms with van der Waals surface area (Å²) in [6, 6.07) is 13.0. The number of hydrogen-bond acceptors (Lipinski definition) is 3. The first-order valence-electron chi connectivity index (χ1n) is 8.09. The summed E-state index contributed by atoms with van der Waals surface area (Å²) in [6.07, 6.45) is 1.75. The molecule has 0 aliphatic rings. The summed E-state index contributed by atoms with van der Waals surface area (Å²) >= 11 is 0. The van der Waals surface area contributed by atoms with Gasteiger partial charge in [-0.3, -0.25) is 9.59 Å². The van der Waals surface area contributed by atoms with Crippen LogP contribution in [0.2, 0.25) is 0 Å². The van der Waals surface area contributed by atoms with Crippen molar-refractivity contribution in [2.75, 3.05) is 13.7 Å². The number of carbonyl (C=O) groups is 2. The molecule has 0 aliphatic heterocycles. The van der Waals surface area contributed by atoms with Crippen molar-refractivity contribution in [2.45, 2.75) is 31.7 Å². The lowest BCUT2D eigenvalue weighted by molar-refractivity contribution is -0.137. The maximum absolute atomic E-state index is 12.2. The van der Waals surface area contributed by atoms with Gasteiger partial charge in [-0.25, -0.2) is 0 Å². The Morgan fingerprint density at radius 3 is 2.62 bits per heavy atom. The van der Waals surface area contributed by atoms with Crippen molar-refractivity contribution >= 4 is 22.6 Å². The molecule has 0 spiro atoms. The Morgan fingerprint density at radius 1 is 1.12 bits per heavy atom. The Kier molecular flexibility index (Phi) is 6.75. The largest absolute Gasteiger partial charge is 0.481 e. The number of carbonyl (C=O) groups excluding carboxylic acids is 1. The first kappa shape index (κ1) is 17.9. The summed E-state index contributed by atoms with van der Waals surface area (Å²) in [4.78, 5) is 23.4. The zero-order valence-corrected chi connectivity index (χ0v) is 13.8. The van der Waals surface area contributed by atoms with E-state index in [1.807, 2.05) is 42.5 Å². The van der Waals surface area contributed by atoms with Crippen molar-refractivity contribution in [1.29, 1.82) is 0 Å². The van der Waals surface area contributed by atoms with Gasteiger partial charge in [0.15, 0.2) is 0 Å². The second-order valence-corrected chi connectivity index (χ2v) is 5.74. The van der Waals surface area contributed by atoms with Crippen LogP contribution in [-0.2, 0) is 14.3 Å². The van der Waals surface area contributed by atoms with E-state index in [0.29, 0.717) is 13.0 Å². The van der Waals surface area contributed by atoms with Gasteiger partial charge in [-0.05, 0) is 29.2 Å². The number of aliphatic carboxylic acids is 1. The Balaban J connectivity index is 2.15. The van der Waals surface area contributed by atoms with E-state index in [0.717, 1.165) is 29.2 Å². The van der Waals surface area contributed by atoms with E-state index in [-0.39, 0.29) is 12.3 Å². The lowest BCUT2D eigenvalue weighted by Crippen LogP contribution is -2.30. The molecule has 128 valence electrons. The molecule has 0 bridgehead atoms. The molecule has 0 aliphatic carbocycles. The minimum atomic E-state index is -0.937. The number of nitrogens with one attached hydrogen (secondary N) is 1. The molecule has 2 aromatic carbocycles. The van der Waals surface area contributed by atoms with Crippen LogP contribution in [0, 0.1) is 0 Å². The summed E-state index contributed by atoms with van der Waals surface area (Å²) in [7, 11) is 1.63. The highest BCUT2D eigenvalue weighted by molar-refractivity contribution is 5.87. The zero-order valence-electron chi connectivity index (χ0n) is 13.8. The normalized spacial score (nSPS) is 12.0. The first-order valence-corrected chi connectivity index (χ1v) is 8.09. The van der Waals surface area contributed by atoms with Gasteiger partial charge in [0.1, 0.15) is 0 Å². The van der Waals surface area contributed by atoms with Crippen molar-refractivity contribution in [1.82, 2.24) is 5.32 Å². The van der Waals surface area contributed by atoms with E-state index in [9.17, 15) is 14.7 Å². The van der Waals surface area contributed by atoms with E-state index in [4.69, 9.17) is 4.74 Å². The highest BCUT2D eigenvalue weighted by atomic mass is 16.5. The van der Waals surface area contributed by atoms with Crippen LogP contribution in [0.3, 0.4) is 0 Å². The molecule has 0 aromatic heterocycles. The molecule has 5 nitrogen and oxygen atoms in total. The predicted molar refractivity (Wildman–Crippen MR) is 92.8 cm³/mol. The first-order chi connectivity index (χ1) is 11.6. The summed E-state index contributed by atoms with van der Waals surface area (Å²) in [5.74, 6) is -1.07. The Bertz CT molecular complexity index is 693. The Labute approximate surface area is 141 Å². The van der Waals surface area contributed by atoms with Crippen molar-refractivity contribution in [3.8, 4) is 0 Å². The average Bonchev–Trinajstić information content (AvgIpc) is 2.57. The van der Waals surface area contributed by atoms with Crippen LogP contribution < -0.4 is 5.32 Å². The third-order valence-electron chi connectivity index (χ3n) is 3.92. The monoisotopic (exact) mass is 329 g/mol. The molecular weight excluding hydrogens is 306 g/mol. The minimum absolute atomic E-state index is 0.134. The van der Waals surface area contributed by atoms with Crippen molar-refractivity contribution in [2.24, 2.45) is 0 Å². The zero-order chi connectivity index (χ0) is 17.4. The number of methoxy groups -OCH3 is 1. The average molecular weight is 329 g/mol. The summed E-state index contributed by atoms with van der Waals surface area (Å²) in [5.41, 5.74) is 0.834. The quantitative estimate of drug-likeness (QED) is 0.692. The number of ether oxygens (including phenoxy) is 1. The fourth-order valence-electron chi connectivity index (χ4n) is 2.77. The van der Waals surface area contributed by atoms with Crippen LogP contribution in [0.1, 0.15) is 37.3 Å². The number of rotatable bonds is 9. The molecule has 0 saturated carbocycles. The molecule has 2 rings (SSSR count). The van der Waals surface area contributed by atoms with Gasteiger partial charge in [0.25, 0.3) is 0 Å². The molecule has 5 heteroatoms. The molecule has 0 heterocycles. The highest BCUT2D eigenvalue weighted by Crippen LogP contribution is 2.26. The van der Waals surface area contributed by atoms with E-state index < -0.39 is 12.0 Å². The maximum Gasteiger partial charge on any atom is 0.305 e. The van der Waals surface area contributed by atoms with Crippen LogP contribution in [-0.4, -0.2) is 30.7 Å². The number of benzene rings is 2. The number of carboxylic acids is 1. The van der Waals surface area contributed by atoms with Gasteiger partial charge < -0.3 is 15.2 Å². The van der Waals surface area contributed by atoms with E-state index >= 15 is 0 Å². The highest BCUT2D eigenvalue weighted by Gasteiger charge is 2.19. The summed E-state index contributed by atoms with van der Waals surface area (Å²) in [6.45, 7) is 0.620. The van der Waals surface area contributed by atoms with Gasteiger partial charge in [0.05, 0.1) is 12.5 Å². The van der Waals surface area contributed by atoms with Crippen molar-refractivity contribution in [3.63, 3.8) is 0 Å². The minimum Gasteiger partial charge on any atom is -0.481 e. The fourth-order valence-corrected chi connectivity index (χ4v) is 2.77. The van der Waals surface area contributed by atoms with Gasteiger partial charge in [0, 0.05) is 20.1 Å². The molecule has 0 fully saturated rings. The van der Waals surface area contributed by atoms with Crippen LogP contribution in [0.25, 0.3) is 10.8 Å². The molecule has 24 heavy (non-hydrogen) atoms. The molecule has 1 amide bonds. The standard InChI is InChI=1S/C19H23NO4/c1-24-12-5-4-11-18(21)20-17(13-19(22)23)16-10-6-8-14-7-2-3-9-15(14)16/h2-3,6-10,17H,4-5,11-13H2,1H3,(H,20,21)(H,22,23)/t17-/m1/s1. The molecule has 0 unspecified atom stereocenters. The van der Waals surface area contributed by atoms with E-state index in [2.05, 4.69) is 5.32 Å². The van der Waals surface area contributed by atoms with Crippen LogP contribution in [0.5, 0.6) is 0 Å². The van der Waals surface area contributed by atoms with Crippen LogP contribution >= 0.6 is 0 Å². The molecule has 2 aromatic rings. The third-order valence-corrected chi connectivity index (χ3v) is 3.92. The number of amides is 1. The lowest BCUT2D eigenvalue weighted by Gasteiger charge is -2.19.